The zero-order valence-corrected chi connectivity index (χ0v) is 20.1. The number of furan rings is 1. The Hall–Kier alpha value is -2.85. The average Bonchev–Trinajstić information content (AvgIpc) is 3.52. The summed E-state index contributed by atoms with van der Waals surface area (Å²) in [6.07, 6.45) is 4.33. The molecule has 1 aromatic heterocycles. The van der Waals surface area contributed by atoms with Crippen LogP contribution in [0.25, 0.3) is 0 Å². The summed E-state index contributed by atoms with van der Waals surface area (Å²) in [4.78, 5) is 30.0. The third kappa shape index (κ3) is 4.20. The van der Waals surface area contributed by atoms with Crippen molar-refractivity contribution in [1.29, 1.82) is 0 Å². The molecule has 182 valence electrons. The Morgan fingerprint density at radius 1 is 1.06 bits per heavy atom. The first kappa shape index (κ1) is 22.9. The maximum Gasteiger partial charge on any atom is 0.250 e. The van der Waals surface area contributed by atoms with Gasteiger partial charge in [0.15, 0.2) is 0 Å². The molecule has 5 rings (SSSR count). The molecule has 9 nitrogen and oxygen atoms in total. The molecule has 0 unspecified atom stereocenters. The van der Waals surface area contributed by atoms with Gasteiger partial charge in [-0.1, -0.05) is 0 Å². The highest BCUT2D eigenvalue weighted by Crippen LogP contribution is 2.41. The Morgan fingerprint density at radius 2 is 1.82 bits per heavy atom. The number of amides is 2. The number of hydrogen-bond donors (Lipinski definition) is 1. The largest absolute Gasteiger partial charge is 0.465 e. The summed E-state index contributed by atoms with van der Waals surface area (Å²) >= 11 is 0. The highest BCUT2D eigenvalue weighted by Gasteiger charge is 2.41. The van der Waals surface area contributed by atoms with Crippen LogP contribution in [0.4, 0.5) is 11.4 Å². The minimum absolute atomic E-state index is 0.160. The number of nitrogens with one attached hydrogen (secondary N) is 1. The van der Waals surface area contributed by atoms with Crippen LogP contribution in [0.1, 0.15) is 43.6 Å². The van der Waals surface area contributed by atoms with Crippen LogP contribution >= 0.6 is 0 Å². The molecule has 3 aliphatic rings. The molecular formula is C24H30N4O5S. The SMILES string of the molecule is Cc1ccc(CNC(=O)CN2C(=O)[C@@H]3CCCCN3c3ccc(S(=O)(=O)N4CCCC4)cc32)o1. The zero-order valence-electron chi connectivity index (χ0n) is 19.3. The second kappa shape index (κ2) is 9.07. The molecule has 2 aromatic rings. The lowest BCUT2D eigenvalue weighted by Gasteiger charge is -2.45. The first-order valence-corrected chi connectivity index (χ1v) is 13.3. The Bertz CT molecular complexity index is 1200. The minimum Gasteiger partial charge on any atom is -0.465 e. The molecule has 0 bridgehead atoms. The van der Waals surface area contributed by atoms with Gasteiger partial charge in [0.2, 0.25) is 21.8 Å². The van der Waals surface area contributed by atoms with Crippen LogP contribution in [-0.4, -0.2) is 56.8 Å². The lowest BCUT2D eigenvalue weighted by Crippen LogP contribution is -2.57. The van der Waals surface area contributed by atoms with Crippen LogP contribution in [0.3, 0.4) is 0 Å². The average molecular weight is 487 g/mol. The maximum atomic E-state index is 13.5. The number of hydrogen-bond acceptors (Lipinski definition) is 6. The number of anilines is 2. The normalized spacial score (nSPS) is 20.9. The minimum atomic E-state index is -3.65. The van der Waals surface area contributed by atoms with Gasteiger partial charge in [-0.3, -0.25) is 14.5 Å². The quantitative estimate of drug-likeness (QED) is 0.673. The van der Waals surface area contributed by atoms with Gasteiger partial charge in [0.05, 0.1) is 22.8 Å². The maximum absolute atomic E-state index is 13.5. The van der Waals surface area contributed by atoms with Crippen molar-refractivity contribution in [3.8, 4) is 0 Å². The second-order valence-corrected chi connectivity index (χ2v) is 11.1. The van der Waals surface area contributed by atoms with Gasteiger partial charge < -0.3 is 14.6 Å². The number of sulfonamides is 1. The molecular weight excluding hydrogens is 456 g/mol. The van der Waals surface area contributed by atoms with Crippen molar-refractivity contribution in [2.45, 2.75) is 56.5 Å². The number of benzene rings is 1. The topological polar surface area (TPSA) is 103 Å². The fraction of sp³-hybridized carbons (Fsp3) is 0.500. The predicted molar refractivity (Wildman–Crippen MR) is 127 cm³/mol. The summed E-state index contributed by atoms with van der Waals surface area (Å²) in [5, 5.41) is 2.81. The highest BCUT2D eigenvalue weighted by molar-refractivity contribution is 7.89. The molecule has 1 N–H and O–H groups in total. The molecule has 0 spiro atoms. The van der Waals surface area contributed by atoms with Gasteiger partial charge in [0.25, 0.3) is 0 Å². The summed E-state index contributed by atoms with van der Waals surface area (Å²) in [5.74, 6) is 0.902. The number of nitrogens with zero attached hydrogens (tertiary/aromatic N) is 3. The lowest BCUT2D eigenvalue weighted by molar-refractivity contribution is -0.125. The van der Waals surface area contributed by atoms with Crippen LogP contribution in [0.2, 0.25) is 0 Å². The smallest absolute Gasteiger partial charge is 0.250 e. The van der Waals surface area contributed by atoms with Gasteiger partial charge >= 0.3 is 0 Å². The van der Waals surface area contributed by atoms with Crippen molar-refractivity contribution in [3.05, 3.63) is 41.9 Å². The molecule has 4 heterocycles. The second-order valence-electron chi connectivity index (χ2n) is 9.18. The van der Waals surface area contributed by atoms with Crippen molar-refractivity contribution in [3.63, 3.8) is 0 Å². The summed E-state index contributed by atoms with van der Waals surface area (Å²) in [5.41, 5.74) is 1.28. The summed E-state index contributed by atoms with van der Waals surface area (Å²) in [6, 6.07) is 8.28. The van der Waals surface area contributed by atoms with Gasteiger partial charge in [0, 0.05) is 19.6 Å². The van der Waals surface area contributed by atoms with Crippen LogP contribution in [0.5, 0.6) is 0 Å². The molecule has 2 amide bonds. The van der Waals surface area contributed by atoms with E-state index in [0.29, 0.717) is 24.5 Å². The number of piperidine rings is 1. The van der Waals surface area contributed by atoms with E-state index < -0.39 is 10.0 Å². The summed E-state index contributed by atoms with van der Waals surface area (Å²) < 4.78 is 33.4. The van der Waals surface area contributed by atoms with E-state index in [4.69, 9.17) is 4.42 Å². The summed E-state index contributed by atoms with van der Waals surface area (Å²) in [6.45, 7) is 3.62. The molecule has 0 aliphatic carbocycles. The number of carbonyl (C=O) groups is 2. The van der Waals surface area contributed by atoms with E-state index in [-0.39, 0.29) is 35.8 Å². The number of aryl methyl sites for hydroxylation is 1. The zero-order chi connectivity index (χ0) is 23.9. The first-order chi connectivity index (χ1) is 16.3. The molecule has 2 saturated heterocycles. The van der Waals surface area contributed by atoms with Crippen molar-refractivity contribution in [2.75, 3.05) is 36.0 Å². The predicted octanol–water partition coefficient (Wildman–Crippen LogP) is 2.39. The third-order valence-electron chi connectivity index (χ3n) is 6.86. The van der Waals surface area contributed by atoms with E-state index in [9.17, 15) is 18.0 Å². The van der Waals surface area contributed by atoms with Crippen LogP contribution in [0.15, 0.2) is 39.6 Å². The molecule has 1 atom stereocenters. The third-order valence-corrected chi connectivity index (χ3v) is 8.76. The Labute approximate surface area is 199 Å². The van der Waals surface area contributed by atoms with Gasteiger partial charge in [-0.2, -0.15) is 4.31 Å². The first-order valence-electron chi connectivity index (χ1n) is 11.9. The molecule has 0 saturated carbocycles. The highest BCUT2D eigenvalue weighted by atomic mass is 32.2. The molecule has 10 heteroatoms. The van der Waals surface area contributed by atoms with E-state index in [1.54, 1.807) is 24.3 Å². The molecule has 34 heavy (non-hydrogen) atoms. The van der Waals surface area contributed by atoms with Crippen molar-refractivity contribution >= 4 is 33.2 Å². The lowest BCUT2D eigenvalue weighted by atomic mass is 9.96. The van der Waals surface area contributed by atoms with E-state index >= 15 is 0 Å². The van der Waals surface area contributed by atoms with Crippen LogP contribution < -0.4 is 15.1 Å². The molecule has 0 radical (unpaired) electrons. The molecule has 3 aliphatic heterocycles. The van der Waals surface area contributed by atoms with Gasteiger partial charge in [-0.25, -0.2) is 8.42 Å². The van der Waals surface area contributed by atoms with Crippen molar-refractivity contribution < 1.29 is 22.4 Å². The van der Waals surface area contributed by atoms with Crippen molar-refractivity contribution in [1.82, 2.24) is 9.62 Å². The van der Waals surface area contributed by atoms with E-state index in [1.807, 2.05) is 13.0 Å². The van der Waals surface area contributed by atoms with E-state index in [0.717, 1.165) is 50.1 Å². The van der Waals surface area contributed by atoms with E-state index in [1.165, 1.54) is 9.21 Å². The Kier molecular flexibility index (Phi) is 6.11. The Balaban J connectivity index is 1.44. The summed E-state index contributed by atoms with van der Waals surface area (Å²) in [7, 11) is -3.65. The molecule has 1 aromatic carbocycles. The van der Waals surface area contributed by atoms with Crippen molar-refractivity contribution in [2.24, 2.45) is 0 Å². The van der Waals surface area contributed by atoms with E-state index in [2.05, 4.69) is 10.2 Å². The molecule has 2 fully saturated rings. The van der Waals surface area contributed by atoms with Gasteiger partial charge in [-0.05, 0) is 69.4 Å². The Morgan fingerprint density at radius 3 is 2.56 bits per heavy atom. The van der Waals surface area contributed by atoms with Crippen LogP contribution in [-0.2, 0) is 26.2 Å². The number of rotatable bonds is 6. The van der Waals surface area contributed by atoms with Gasteiger partial charge in [-0.15, -0.1) is 0 Å². The monoisotopic (exact) mass is 486 g/mol. The standard InChI is InChI=1S/C24H30N4O5S/c1-17-7-8-18(33-17)15-25-23(29)16-28-22-14-19(34(31,32)26-11-4-5-12-26)9-10-20(22)27-13-3-2-6-21(27)24(28)30/h7-10,14,21H,2-6,11-13,15-16H2,1H3,(H,25,29)/t21-/m0/s1. The van der Waals surface area contributed by atoms with Gasteiger partial charge in [0.1, 0.15) is 24.1 Å². The number of fused-ring (bicyclic) bond motifs is 3. The fourth-order valence-corrected chi connectivity index (χ4v) is 6.64. The fourth-order valence-electron chi connectivity index (χ4n) is 5.10. The van der Waals surface area contributed by atoms with Crippen LogP contribution in [0, 0.1) is 6.92 Å². The number of carbonyl (C=O) groups excluding carboxylic acids is 2.